The van der Waals surface area contributed by atoms with E-state index in [1.54, 1.807) is 6.07 Å². The molecular formula is C15H17ClN2. The van der Waals surface area contributed by atoms with E-state index >= 15 is 0 Å². The van der Waals surface area contributed by atoms with Gasteiger partial charge in [-0.25, -0.2) is 0 Å². The average Bonchev–Trinajstić information content (AvgIpc) is 2.32. The Kier molecular flexibility index (Phi) is 3.78. The second-order valence-corrected chi connectivity index (χ2v) is 4.92. The van der Waals surface area contributed by atoms with Crippen LogP contribution in [0.1, 0.15) is 11.1 Å². The predicted molar refractivity (Wildman–Crippen MR) is 79.2 cm³/mol. The number of benzene rings is 2. The van der Waals surface area contributed by atoms with E-state index in [1.165, 1.54) is 11.1 Å². The second-order valence-electron chi connectivity index (χ2n) is 4.49. The molecule has 2 aromatic rings. The van der Waals surface area contributed by atoms with Crippen molar-refractivity contribution >= 4 is 23.0 Å². The molecule has 0 aliphatic heterocycles. The molecule has 0 bridgehead atoms. The molecule has 0 amide bonds. The number of hydrogen-bond acceptors (Lipinski definition) is 2. The maximum absolute atomic E-state index is 5.99. The smallest absolute Gasteiger partial charge is 0.0601 e. The summed E-state index contributed by atoms with van der Waals surface area (Å²) in [7, 11) is 2.03. The van der Waals surface area contributed by atoms with E-state index < -0.39 is 0 Å². The van der Waals surface area contributed by atoms with Crippen LogP contribution in [0.4, 0.5) is 11.4 Å². The first-order valence-corrected chi connectivity index (χ1v) is 6.26. The number of nitrogen functional groups attached to an aromatic ring is 1. The zero-order valence-corrected chi connectivity index (χ0v) is 11.4. The fourth-order valence-corrected chi connectivity index (χ4v) is 2.18. The molecule has 0 radical (unpaired) electrons. The molecule has 0 spiro atoms. The number of nitrogens with two attached hydrogens (primary N) is 1. The van der Waals surface area contributed by atoms with Gasteiger partial charge in [-0.2, -0.15) is 0 Å². The third-order valence-corrected chi connectivity index (χ3v) is 3.30. The maximum Gasteiger partial charge on any atom is 0.0601 e. The number of anilines is 2. The van der Waals surface area contributed by atoms with Gasteiger partial charge in [0.25, 0.3) is 0 Å². The lowest BCUT2D eigenvalue weighted by molar-refractivity contribution is 0.916. The lowest BCUT2D eigenvalue weighted by Gasteiger charge is -2.22. The van der Waals surface area contributed by atoms with Gasteiger partial charge in [-0.05, 0) is 36.2 Å². The van der Waals surface area contributed by atoms with Gasteiger partial charge in [0.1, 0.15) is 0 Å². The molecule has 3 heteroatoms. The Hall–Kier alpha value is -1.67. The summed E-state index contributed by atoms with van der Waals surface area (Å²) >= 11 is 5.91. The van der Waals surface area contributed by atoms with Crippen LogP contribution in [-0.2, 0) is 6.54 Å². The van der Waals surface area contributed by atoms with Crippen molar-refractivity contribution in [3.05, 3.63) is 58.6 Å². The van der Waals surface area contributed by atoms with Gasteiger partial charge in [-0.3, -0.25) is 0 Å². The molecule has 2 aromatic carbocycles. The van der Waals surface area contributed by atoms with Crippen LogP contribution >= 0.6 is 11.6 Å². The van der Waals surface area contributed by atoms with E-state index in [9.17, 15) is 0 Å². The molecule has 0 aromatic heterocycles. The third-order valence-electron chi connectivity index (χ3n) is 3.07. The average molecular weight is 261 g/mol. The molecule has 0 saturated heterocycles. The fourth-order valence-electron chi connectivity index (χ4n) is 2.00. The van der Waals surface area contributed by atoms with Crippen LogP contribution < -0.4 is 10.6 Å². The highest BCUT2D eigenvalue weighted by atomic mass is 35.5. The predicted octanol–water partition coefficient (Wildman–Crippen LogP) is 3.87. The van der Waals surface area contributed by atoms with Crippen molar-refractivity contribution in [3.63, 3.8) is 0 Å². The first-order valence-electron chi connectivity index (χ1n) is 5.88. The zero-order valence-electron chi connectivity index (χ0n) is 10.7. The van der Waals surface area contributed by atoms with Gasteiger partial charge in [-0.15, -0.1) is 0 Å². The van der Waals surface area contributed by atoms with E-state index in [-0.39, 0.29) is 0 Å². The number of nitrogens with zero attached hydrogens (tertiary/aromatic N) is 1. The lowest BCUT2D eigenvalue weighted by Crippen LogP contribution is -2.18. The van der Waals surface area contributed by atoms with Crippen LogP contribution in [0.25, 0.3) is 0 Å². The highest BCUT2D eigenvalue weighted by Gasteiger charge is 2.07. The van der Waals surface area contributed by atoms with Crippen LogP contribution in [0, 0.1) is 6.92 Å². The first kappa shape index (κ1) is 12.8. The molecular weight excluding hydrogens is 244 g/mol. The number of halogens is 1. The van der Waals surface area contributed by atoms with Crippen LogP contribution in [0.3, 0.4) is 0 Å². The van der Waals surface area contributed by atoms with Crippen molar-refractivity contribution in [3.8, 4) is 0 Å². The zero-order chi connectivity index (χ0) is 13.1. The minimum atomic E-state index is 0.667. The molecule has 94 valence electrons. The summed E-state index contributed by atoms with van der Waals surface area (Å²) in [4.78, 5) is 2.13. The van der Waals surface area contributed by atoms with Gasteiger partial charge in [0.15, 0.2) is 0 Å². The van der Waals surface area contributed by atoms with Gasteiger partial charge in [0.2, 0.25) is 0 Å². The molecule has 0 aliphatic rings. The number of aryl methyl sites for hydroxylation is 1. The van der Waals surface area contributed by atoms with E-state index in [0.29, 0.717) is 10.7 Å². The largest absolute Gasteiger partial charge is 0.397 e. The molecule has 0 atom stereocenters. The highest BCUT2D eigenvalue weighted by molar-refractivity contribution is 6.31. The van der Waals surface area contributed by atoms with E-state index in [4.69, 9.17) is 17.3 Å². The lowest BCUT2D eigenvalue weighted by atomic mass is 10.1. The molecule has 0 saturated carbocycles. The van der Waals surface area contributed by atoms with Crippen molar-refractivity contribution in [1.82, 2.24) is 0 Å². The number of hydrogen-bond donors (Lipinski definition) is 1. The molecule has 2 rings (SSSR count). The van der Waals surface area contributed by atoms with Gasteiger partial charge >= 0.3 is 0 Å². The monoisotopic (exact) mass is 260 g/mol. The normalized spacial score (nSPS) is 10.4. The van der Waals surface area contributed by atoms with Crippen molar-refractivity contribution in [1.29, 1.82) is 0 Å². The summed E-state index contributed by atoms with van der Waals surface area (Å²) in [5.74, 6) is 0. The SMILES string of the molecule is Cc1ccccc1CN(C)c1ccc(Cl)cc1N. The van der Waals surface area contributed by atoms with Crippen LogP contribution in [0.5, 0.6) is 0 Å². The van der Waals surface area contributed by atoms with Crippen LogP contribution in [-0.4, -0.2) is 7.05 Å². The van der Waals surface area contributed by atoms with Gasteiger partial charge in [0, 0.05) is 18.6 Å². The topological polar surface area (TPSA) is 29.3 Å². The summed E-state index contributed by atoms with van der Waals surface area (Å²) in [5.41, 5.74) is 10.3. The van der Waals surface area contributed by atoms with Crippen LogP contribution in [0.15, 0.2) is 42.5 Å². The maximum atomic E-state index is 5.99. The van der Waals surface area contributed by atoms with Crippen molar-refractivity contribution in [2.45, 2.75) is 13.5 Å². The summed E-state index contributed by atoms with van der Waals surface area (Å²) in [6.45, 7) is 2.95. The van der Waals surface area contributed by atoms with Gasteiger partial charge < -0.3 is 10.6 Å². The van der Waals surface area contributed by atoms with E-state index in [0.717, 1.165) is 12.2 Å². The highest BCUT2D eigenvalue weighted by Crippen LogP contribution is 2.27. The molecule has 0 aliphatic carbocycles. The molecule has 2 N–H and O–H groups in total. The van der Waals surface area contributed by atoms with E-state index in [1.807, 2.05) is 19.2 Å². The van der Waals surface area contributed by atoms with Crippen molar-refractivity contribution in [2.24, 2.45) is 0 Å². The van der Waals surface area contributed by atoms with Gasteiger partial charge in [-0.1, -0.05) is 35.9 Å². The molecule has 18 heavy (non-hydrogen) atoms. The Balaban J connectivity index is 2.22. The van der Waals surface area contributed by atoms with Crippen molar-refractivity contribution < 1.29 is 0 Å². The Morgan fingerprint density at radius 1 is 1.17 bits per heavy atom. The molecule has 0 unspecified atom stereocenters. The Morgan fingerprint density at radius 2 is 1.89 bits per heavy atom. The minimum Gasteiger partial charge on any atom is -0.397 e. The summed E-state index contributed by atoms with van der Waals surface area (Å²) in [5, 5.41) is 0.667. The minimum absolute atomic E-state index is 0.667. The standard InChI is InChI=1S/C15H17ClN2/c1-11-5-3-4-6-12(11)10-18(2)15-8-7-13(16)9-14(15)17/h3-9H,10,17H2,1-2H3. The molecule has 2 nitrogen and oxygen atoms in total. The Morgan fingerprint density at radius 3 is 2.56 bits per heavy atom. The summed E-state index contributed by atoms with van der Waals surface area (Å²) in [6, 6.07) is 14.0. The molecule has 0 heterocycles. The Bertz CT molecular complexity index is 552. The van der Waals surface area contributed by atoms with Crippen molar-refractivity contribution in [2.75, 3.05) is 17.7 Å². The van der Waals surface area contributed by atoms with Crippen LogP contribution in [0.2, 0.25) is 5.02 Å². The second kappa shape index (κ2) is 5.32. The van der Waals surface area contributed by atoms with Gasteiger partial charge in [0.05, 0.1) is 11.4 Å². The first-order chi connectivity index (χ1) is 8.58. The molecule has 0 fully saturated rings. The fraction of sp³-hybridized carbons (Fsp3) is 0.200. The third kappa shape index (κ3) is 2.77. The summed E-state index contributed by atoms with van der Waals surface area (Å²) < 4.78 is 0. The Labute approximate surface area is 113 Å². The van der Waals surface area contributed by atoms with E-state index in [2.05, 4.69) is 36.1 Å². The quantitative estimate of drug-likeness (QED) is 0.849. The summed E-state index contributed by atoms with van der Waals surface area (Å²) in [6.07, 6.45) is 0. The number of rotatable bonds is 3.